The number of Topliss-reactive ketones (excluding diaryl/α,β-unsaturated/α-hetero) is 3. The first-order valence-electron chi connectivity index (χ1n) is 15.3. The van der Waals surface area contributed by atoms with E-state index in [9.17, 15) is 4.79 Å². The Bertz CT molecular complexity index is 1420. The molecule has 4 atom stereocenters. The van der Waals surface area contributed by atoms with E-state index in [1.54, 1.807) is 12.1 Å². The van der Waals surface area contributed by atoms with Crippen molar-refractivity contribution in [2.24, 2.45) is 22.2 Å². The topological polar surface area (TPSA) is 60.4 Å². The molecule has 0 unspecified atom stereocenters. The molecular formula is C38H48O4. The van der Waals surface area contributed by atoms with Crippen LogP contribution in [0.2, 0.25) is 0 Å². The molecule has 224 valence electrons. The maximum Gasteiger partial charge on any atom is 0.184 e. The molecule has 2 bridgehead atoms. The smallest absolute Gasteiger partial charge is 0.184 e. The summed E-state index contributed by atoms with van der Waals surface area (Å²) in [6, 6.07) is 9.13. The van der Waals surface area contributed by atoms with Crippen LogP contribution >= 0.6 is 0 Å². The second-order valence-electron chi connectivity index (χ2n) is 14.1. The monoisotopic (exact) mass is 568 g/mol. The number of rotatable bonds is 9. The molecule has 4 rings (SSSR count). The van der Waals surface area contributed by atoms with E-state index in [2.05, 4.69) is 46.8 Å². The lowest BCUT2D eigenvalue weighted by Crippen LogP contribution is -2.70. The maximum atomic E-state index is 15.5. The number of carbonyl (C=O) groups excluding carboxylic acids is 3. The van der Waals surface area contributed by atoms with Crippen LogP contribution in [0.1, 0.15) is 105 Å². The summed E-state index contributed by atoms with van der Waals surface area (Å²) in [6.45, 7) is 18.2. The largest absolute Gasteiger partial charge is 0.486 e. The molecule has 1 fully saturated rings. The van der Waals surface area contributed by atoms with E-state index in [0.29, 0.717) is 30.4 Å². The molecule has 0 spiro atoms. The van der Waals surface area contributed by atoms with Gasteiger partial charge in [0.1, 0.15) is 11.4 Å². The summed E-state index contributed by atoms with van der Waals surface area (Å²) < 4.78 is 6.70. The fourth-order valence-electron chi connectivity index (χ4n) is 7.34. The van der Waals surface area contributed by atoms with Gasteiger partial charge in [0.15, 0.2) is 22.8 Å². The van der Waals surface area contributed by atoms with Crippen molar-refractivity contribution in [2.45, 2.75) is 100 Å². The van der Waals surface area contributed by atoms with E-state index in [4.69, 9.17) is 4.74 Å². The second kappa shape index (κ2) is 11.4. The van der Waals surface area contributed by atoms with Gasteiger partial charge < -0.3 is 4.74 Å². The van der Waals surface area contributed by atoms with Crippen LogP contribution in [0.4, 0.5) is 0 Å². The molecule has 1 aromatic carbocycles. The molecule has 0 radical (unpaired) electrons. The molecule has 2 aliphatic carbocycles. The SMILES string of the molecule is CC(C)=CCC[C@]1(C)[C@@H](CC=C(C)C)C[C@]2(CC=C(C)C)C(=O)C3=C(OC(C)(C)C=C3)[C@@]1(C(=O)c1ccccc1)C2=O. The van der Waals surface area contributed by atoms with Crippen LogP contribution < -0.4 is 0 Å². The minimum Gasteiger partial charge on any atom is -0.486 e. The lowest BCUT2D eigenvalue weighted by atomic mass is 9.38. The van der Waals surface area contributed by atoms with Gasteiger partial charge in [-0.25, -0.2) is 0 Å². The lowest BCUT2D eigenvalue weighted by molar-refractivity contribution is -0.169. The standard InChI is InChI=1S/C38H48O4/c1-25(2)14-13-21-36(9)29(18-17-26(3)4)24-37(23-19-27(5)6)32(40)30-20-22-35(7,8)42-33(30)38(36,34(37)41)31(39)28-15-11-10-12-16-28/h10-12,14-17,19-20,22,29H,13,18,21,23-24H2,1-9H3/t29-,36+,37+,38-/m0/s1. The first-order chi connectivity index (χ1) is 19.6. The van der Waals surface area contributed by atoms with Gasteiger partial charge >= 0.3 is 0 Å². The summed E-state index contributed by atoms with van der Waals surface area (Å²) in [5, 5.41) is 0. The number of hydrogen-bond acceptors (Lipinski definition) is 4. The summed E-state index contributed by atoms with van der Waals surface area (Å²) in [5.74, 6) is -0.610. The van der Waals surface area contributed by atoms with Crippen LogP contribution in [0, 0.1) is 22.2 Å². The van der Waals surface area contributed by atoms with Crippen molar-refractivity contribution < 1.29 is 19.1 Å². The van der Waals surface area contributed by atoms with Gasteiger partial charge in [0.2, 0.25) is 0 Å². The average molecular weight is 569 g/mol. The summed E-state index contributed by atoms with van der Waals surface area (Å²) >= 11 is 0. The van der Waals surface area contributed by atoms with E-state index in [1.165, 1.54) is 11.1 Å². The van der Waals surface area contributed by atoms with Gasteiger partial charge in [-0.3, -0.25) is 14.4 Å². The number of carbonyl (C=O) groups is 3. The Balaban J connectivity index is 2.16. The van der Waals surface area contributed by atoms with Gasteiger partial charge in [-0.1, -0.05) is 72.2 Å². The second-order valence-corrected chi connectivity index (χ2v) is 14.1. The zero-order valence-electron chi connectivity index (χ0n) is 27.0. The van der Waals surface area contributed by atoms with Crippen LogP contribution in [0.25, 0.3) is 0 Å². The predicted molar refractivity (Wildman–Crippen MR) is 170 cm³/mol. The number of hydrogen-bond donors (Lipinski definition) is 0. The van der Waals surface area contributed by atoms with Gasteiger partial charge in [0.05, 0.1) is 11.0 Å². The molecule has 0 amide bonds. The molecule has 1 aromatic rings. The van der Waals surface area contributed by atoms with Crippen molar-refractivity contribution in [3.8, 4) is 0 Å². The minimum absolute atomic E-state index is 0.107. The highest BCUT2D eigenvalue weighted by atomic mass is 16.5. The van der Waals surface area contributed by atoms with Crippen molar-refractivity contribution in [3.05, 3.63) is 94.3 Å². The fourth-order valence-corrected chi connectivity index (χ4v) is 7.34. The van der Waals surface area contributed by atoms with Crippen LogP contribution in [-0.2, 0) is 14.3 Å². The van der Waals surface area contributed by atoms with Crippen molar-refractivity contribution >= 4 is 17.3 Å². The van der Waals surface area contributed by atoms with Crippen LogP contribution in [-0.4, -0.2) is 23.0 Å². The molecule has 3 aliphatic rings. The van der Waals surface area contributed by atoms with Crippen LogP contribution in [0.15, 0.2) is 88.8 Å². The molecule has 1 saturated carbocycles. The van der Waals surface area contributed by atoms with Crippen LogP contribution in [0.5, 0.6) is 0 Å². The number of benzene rings is 1. The zero-order valence-corrected chi connectivity index (χ0v) is 27.0. The van der Waals surface area contributed by atoms with Crippen molar-refractivity contribution in [1.82, 2.24) is 0 Å². The number of fused-ring (bicyclic) bond motifs is 3. The highest BCUT2D eigenvalue weighted by molar-refractivity contribution is 6.30. The van der Waals surface area contributed by atoms with E-state index in [0.717, 1.165) is 12.0 Å². The Kier molecular flexibility index (Phi) is 8.62. The summed E-state index contributed by atoms with van der Waals surface area (Å²) in [5.41, 5.74) is -0.323. The molecule has 4 heteroatoms. The summed E-state index contributed by atoms with van der Waals surface area (Å²) in [4.78, 5) is 45.4. The Morgan fingerprint density at radius 3 is 2.12 bits per heavy atom. The Morgan fingerprint density at radius 1 is 0.905 bits per heavy atom. The first-order valence-corrected chi connectivity index (χ1v) is 15.3. The number of ketones is 3. The van der Waals surface area contributed by atoms with Crippen molar-refractivity contribution in [2.75, 3.05) is 0 Å². The van der Waals surface area contributed by atoms with Crippen molar-refractivity contribution in [1.29, 1.82) is 0 Å². The predicted octanol–water partition coefficient (Wildman–Crippen LogP) is 9.10. The molecule has 0 saturated heterocycles. The molecule has 0 aromatic heterocycles. The number of allylic oxidation sites excluding steroid dienone is 9. The average Bonchev–Trinajstić information content (AvgIpc) is 2.91. The summed E-state index contributed by atoms with van der Waals surface area (Å²) in [7, 11) is 0. The van der Waals surface area contributed by atoms with E-state index >= 15 is 9.59 Å². The lowest BCUT2D eigenvalue weighted by Gasteiger charge is -2.62. The molecule has 1 heterocycles. The summed E-state index contributed by atoms with van der Waals surface area (Å²) in [6.07, 6.45) is 12.8. The molecule has 1 aliphatic heterocycles. The third kappa shape index (κ3) is 5.12. The molecule has 4 nitrogen and oxygen atoms in total. The van der Waals surface area contributed by atoms with Crippen molar-refractivity contribution in [3.63, 3.8) is 0 Å². The third-order valence-corrected chi connectivity index (χ3v) is 9.67. The number of ether oxygens (including phenoxy) is 1. The van der Waals surface area contributed by atoms with Crippen LogP contribution in [0.3, 0.4) is 0 Å². The molecular weight excluding hydrogens is 520 g/mol. The molecule has 0 N–H and O–H groups in total. The van der Waals surface area contributed by atoms with E-state index < -0.39 is 21.8 Å². The van der Waals surface area contributed by atoms with E-state index in [-0.39, 0.29) is 35.4 Å². The fraction of sp³-hybridized carbons (Fsp3) is 0.500. The normalized spacial score (nSPS) is 29.3. The molecule has 42 heavy (non-hydrogen) atoms. The van der Waals surface area contributed by atoms with Gasteiger partial charge in [0.25, 0.3) is 0 Å². The highest BCUT2D eigenvalue weighted by Crippen LogP contribution is 2.69. The minimum atomic E-state index is -1.65. The zero-order chi connectivity index (χ0) is 31.1. The first kappa shape index (κ1) is 31.7. The van der Waals surface area contributed by atoms with E-state index in [1.807, 2.05) is 64.1 Å². The maximum absolute atomic E-state index is 15.5. The van der Waals surface area contributed by atoms with Gasteiger partial charge in [-0.15, -0.1) is 0 Å². The Hall–Kier alpha value is -3.27. The Labute approximate surface area is 252 Å². The van der Waals surface area contributed by atoms with Gasteiger partial charge in [-0.2, -0.15) is 0 Å². The third-order valence-electron chi connectivity index (χ3n) is 9.67. The van der Waals surface area contributed by atoms with Gasteiger partial charge in [0, 0.05) is 5.56 Å². The quantitative estimate of drug-likeness (QED) is 0.169. The van der Waals surface area contributed by atoms with Gasteiger partial charge in [-0.05, 0) is 111 Å². The highest BCUT2D eigenvalue weighted by Gasteiger charge is 2.76. The Morgan fingerprint density at radius 2 is 1.52 bits per heavy atom.